The Morgan fingerprint density at radius 3 is 2.68 bits per heavy atom. The van der Waals surface area contributed by atoms with Gasteiger partial charge in [-0.2, -0.15) is 4.98 Å². The van der Waals surface area contributed by atoms with Crippen LogP contribution in [0, 0.1) is 6.92 Å². The third kappa shape index (κ3) is 4.22. The predicted molar refractivity (Wildman–Crippen MR) is 76.9 cm³/mol. The molecule has 0 aliphatic rings. The van der Waals surface area contributed by atoms with Gasteiger partial charge < -0.3 is 15.4 Å². The molecule has 0 unspecified atom stereocenters. The van der Waals surface area contributed by atoms with E-state index in [0.29, 0.717) is 19.1 Å². The Balaban J connectivity index is 2.08. The van der Waals surface area contributed by atoms with Crippen molar-refractivity contribution in [1.29, 1.82) is 0 Å². The Labute approximate surface area is 113 Å². The van der Waals surface area contributed by atoms with E-state index in [4.69, 9.17) is 4.74 Å². The first-order valence-electron chi connectivity index (χ1n) is 6.18. The number of nitrogens with zero attached hydrogens (tertiary/aromatic N) is 2. The predicted octanol–water partition coefficient (Wildman–Crippen LogP) is 2.59. The van der Waals surface area contributed by atoms with E-state index in [9.17, 15) is 0 Å². The van der Waals surface area contributed by atoms with Crippen molar-refractivity contribution in [2.24, 2.45) is 0 Å². The van der Waals surface area contributed by atoms with Crippen LogP contribution < -0.4 is 10.6 Å². The Morgan fingerprint density at radius 1 is 1.16 bits per heavy atom. The molecular formula is C14H18N4O. The van der Waals surface area contributed by atoms with Gasteiger partial charge in [0, 0.05) is 31.1 Å². The zero-order chi connectivity index (χ0) is 13.5. The van der Waals surface area contributed by atoms with Gasteiger partial charge in [-0.25, -0.2) is 4.98 Å². The summed E-state index contributed by atoms with van der Waals surface area (Å²) < 4.78 is 4.99. The molecule has 2 rings (SSSR count). The second kappa shape index (κ2) is 6.70. The first-order chi connectivity index (χ1) is 9.28. The lowest BCUT2D eigenvalue weighted by Crippen LogP contribution is -2.11. The van der Waals surface area contributed by atoms with Crippen LogP contribution in [0.5, 0.6) is 0 Å². The van der Waals surface area contributed by atoms with Gasteiger partial charge in [0.2, 0.25) is 5.95 Å². The molecule has 2 aromatic rings. The lowest BCUT2D eigenvalue weighted by Gasteiger charge is -2.09. The summed E-state index contributed by atoms with van der Waals surface area (Å²) in [7, 11) is 1.67. The summed E-state index contributed by atoms with van der Waals surface area (Å²) in [5.41, 5.74) is 1.91. The maximum Gasteiger partial charge on any atom is 0.224 e. The minimum Gasteiger partial charge on any atom is -0.383 e. The number of aryl methyl sites for hydroxylation is 1. The van der Waals surface area contributed by atoms with E-state index in [1.54, 1.807) is 7.11 Å². The number of ether oxygens (including phenoxy) is 1. The topological polar surface area (TPSA) is 59.1 Å². The fourth-order valence-corrected chi connectivity index (χ4v) is 1.65. The minimum absolute atomic E-state index is 0.607. The third-order valence-electron chi connectivity index (χ3n) is 2.49. The van der Waals surface area contributed by atoms with Crippen molar-refractivity contribution >= 4 is 17.5 Å². The molecule has 0 fully saturated rings. The molecule has 2 N–H and O–H groups in total. The lowest BCUT2D eigenvalue weighted by atomic mass is 10.3. The molecule has 0 atom stereocenters. The maximum atomic E-state index is 4.99. The monoisotopic (exact) mass is 258 g/mol. The largest absolute Gasteiger partial charge is 0.383 e. The van der Waals surface area contributed by atoms with Crippen LogP contribution in [0.3, 0.4) is 0 Å². The van der Waals surface area contributed by atoms with E-state index in [1.165, 1.54) is 0 Å². The second-order valence-electron chi connectivity index (χ2n) is 4.13. The quantitative estimate of drug-likeness (QED) is 0.780. The van der Waals surface area contributed by atoms with Crippen LogP contribution in [0.15, 0.2) is 36.4 Å². The highest BCUT2D eigenvalue weighted by atomic mass is 16.5. The van der Waals surface area contributed by atoms with Gasteiger partial charge in [-0.05, 0) is 19.1 Å². The Hall–Kier alpha value is -2.14. The summed E-state index contributed by atoms with van der Waals surface area (Å²) >= 11 is 0. The van der Waals surface area contributed by atoms with Crippen LogP contribution in [0.1, 0.15) is 5.69 Å². The number of benzene rings is 1. The fraction of sp³-hybridized carbons (Fsp3) is 0.286. The zero-order valence-corrected chi connectivity index (χ0v) is 11.2. The van der Waals surface area contributed by atoms with E-state index in [1.807, 2.05) is 43.3 Å². The average Bonchev–Trinajstić information content (AvgIpc) is 2.39. The van der Waals surface area contributed by atoms with Crippen LogP contribution in [-0.2, 0) is 4.74 Å². The number of aromatic nitrogens is 2. The Kier molecular flexibility index (Phi) is 4.69. The van der Waals surface area contributed by atoms with E-state index >= 15 is 0 Å². The lowest BCUT2D eigenvalue weighted by molar-refractivity contribution is 0.210. The van der Waals surface area contributed by atoms with Crippen molar-refractivity contribution in [2.75, 3.05) is 30.9 Å². The number of rotatable bonds is 6. The van der Waals surface area contributed by atoms with Gasteiger partial charge >= 0.3 is 0 Å². The fourth-order valence-electron chi connectivity index (χ4n) is 1.65. The highest BCUT2D eigenvalue weighted by Gasteiger charge is 2.02. The molecular weight excluding hydrogens is 240 g/mol. The summed E-state index contributed by atoms with van der Waals surface area (Å²) in [4.78, 5) is 8.74. The number of methoxy groups -OCH3 is 1. The molecule has 0 bridgehead atoms. The summed E-state index contributed by atoms with van der Waals surface area (Å²) in [6, 6.07) is 11.8. The van der Waals surface area contributed by atoms with Gasteiger partial charge in [0.25, 0.3) is 0 Å². The van der Waals surface area contributed by atoms with Crippen LogP contribution in [0.4, 0.5) is 17.5 Å². The molecule has 5 nitrogen and oxygen atoms in total. The molecule has 1 heterocycles. The third-order valence-corrected chi connectivity index (χ3v) is 2.49. The first kappa shape index (κ1) is 13.3. The average molecular weight is 258 g/mol. The molecule has 100 valence electrons. The summed E-state index contributed by atoms with van der Waals surface area (Å²) in [6.07, 6.45) is 0. The molecule has 0 radical (unpaired) electrons. The molecule has 0 aliphatic heterocycles. The number of hydrogen-bond acceptors (Lipinski definition) is 5. The molecule has 1 aromatic carbocycles. The highest BCUT2D eigenvalue weighted by Crippen LogP contribution is 2.16. The molecule has 0 aliphatic carbocycles. The van der Waals surface area contributed by atoms with Gasteiger partial charge in [0.1, 0.15) is 5.82 Å². The number of para-hydroxylation sites is 1. The SMILES string of the molecule is COCCNc1nc(C)cc(Nc2ccccc2)n1. The summed E-state index contributed by atoms with van der Waals surface area (Å²) in [6.45, 7) is 3.25. The molecule has 0 amide bonds. The Morgan fingerprint density at radius 2 is 1.95 bits per heavy atom. The summed E-state index contributed by atoms with van der Waals surface area (Å²) in [5.74, 6) is 1.38. The molecule has 0 spiro atoms. The molecule has 0 saturated heterocycles. The first-order valence-corrected chi connectivity index (χ1v) is 6.18. The van der Waals surface area contributed by atoms with Crippen molar-refractivity contribution in [3.05, 3.63) is 42.1 Å². The van der Waals surface area contributed by atoms with Gasteiger partial charge in [-0.15, -0.1) is 0 Å². The van der Waals surface area contributed by atoms with Crippen LogP contribution in [0.2, 0.25) is 0 Å². The molecule has 19 heavy (non-hydrogen) atoms. The number of anilines is 3. The van der Waals surface area contributed by atoms with E-state index in [2.05, 4.69) is 20.6 Å². The zero-order valence-electron chi connectivity index (χ0n) is 11.2. The second-order valence-corrected chi connectivity index (χ2v) is 4.13. The van der Waals surface area contributed by atoms with E-state index in [-0.39, 0.29) is 0 Å². The Bertz CT molecular complexity index is 516. The van der Waals surface area contributed by atoms with Gasteiger partial charge in [0.15, 0.2) is 0 Å². The maximum absolute atomic E-state index is 4.99. The van der Waals surface area contributed by atoms with Crippen molar-refractivity contribution in [2.45, 2.75) is 6.92 Å². The highest BCUT2D eigenvalue weighted by molar-refractivity contribution is 5.57. The van der Waals surface area contributed by atoms with Crippen LogP contribution in [-0.4, -0.2) is 30.2 Å². The number of nitrogens with one attached hydrogen (secondary N) is 2. The van der Waals surface area contributed by atoms with Gasteiger partial charge in [-0.1, -0.05) is 18.2 Å². The van der Waals surface area contributed by atoms with E-state index < -0.39 is 0 Å². The van der Waals surface area contributed by atoms with Gasteiger partial charge in [-0.3, -0.25) is 0 Å². The minimum atomic E-state index is 0.607. The van der Waals surface area contributed by atoms with Gasteiger partial charge in [0.05, 0.1) is 6.61 Å². The van der Waals surface area contributed by atoms with Crippen molar-refractivity contribution in [3.8, 4) is 0 Å². The van der Waals surface area contributed by atoms with Crippen molar-refractivity contribution in [3.63, 3.8) is 0 Å². The number of hydrogen-bond donors (Lipinski definition) is 2. The smallest absolute Gasteiger partial charge is 0.224 e. The van der Waals surface area contributed by atoms with E-state index in [0.717, 1.165) is 17.2 Å². The molecule has 0 saturated carbocycles. The van der Waals surface area contributed by atoms with Crippen LogP contribution in [0.25, 0.3) is 0 Å². The van der Waals surface area contributed by atoms with Crippen molar-refractivity contribution in [1.82, 2.24) is 9.97 Å². The normalized spacial score (nSPS) is 10.2. The molecule has 5 heteroatoms. The van der Waals surface area contributed by atoms with Crippen LogP contribution >= 0.6 is 0 Å². The molecule has 1 aromatic heterocycles. The standard InChI is InChI=1S/C14H18N4O/c1-11-10-13(17-12-6-4-3-5-7-12)18-14(16-11)15-8-9-19-2/h3-7,10H,8-9H2,1-2H3,(H2,15,16,17,18). The van der Waals surface area contributed by atoms with Crippen molar-refractivity contribution < 1.29 is 4.74 Å². The summed E-state index contributed by atoms with van der Waals surface area (Å²) in [5, 5.41) is 6.38.